The van der Waals surface area contributed by atoms with Gasteiger partial charge in [-0.25, -0.2) is 4.98 Å². The molecule has 0 unspecified atom stereocenters. The van der Waals surface area contributed by atoms with Crippen LogP contribution in [0.2, 0.25) is 0 Å². The van der Waals surface area contributed by atoms with Gasteiger partial charge in [-0.15, -0.1) is 11.3 Å². The molecule has 4 aromatic rings. The Hall–Kier alpha value is -2.41. The molecule has 1 aliphatic rings. The van der Waals surface area contributed by atoms with Gasteiger partial charge in [-0.1, -0.05) is 18.2 Å². The van der Waals surface area contributed by atoms with Crippen molar-refractivity contribution in [3.63, 3.8) is 0 Å². The maximum Gasteiger partial charge on any atom is 0.128 e. The lowest BCUT2D eigenvalue weighted by Gasteiger charge is -2.38. The summed E-state index contributed by atoms with van der Waals surface area (Å²) in [6.07, 6.45) is 3.56. The zero-order valence-electron chi connectivity index (χ0n) is 18.0. The molecule has 0 aliphatic carbocycles. The van der Waals surface area contributed by atoms with Gasteiger partial charge in [0.1, 0.15) is 18.5 Å². The fraction of sp³-hybridized carbons (Fsp3) is 0.400. The number of rotatable bonds is 6. The maximum atomic E-state index is 10.6. The van der Waals surface area contributed by atoms with Crippen LogP contribution in [0.3, 0.4) is 0 Å². The molecule has 5 rings (SSSR count). The number of fused-ring (bicyclic) bond motifs is 2. The Bertz CT molecular complexity index is 1180. The Morgan fingerprint density at radius 1 is 1.26 bits per heavy atom. The first-order valence-electron chi connectivity index (χ1n) is 11.1. The van der Waals surface area contributed by atoms with E-state index in [1.54, 1.807) is 0 Å². The number of thiazole rings is 1. The minimum atomic E-state index is -0.515. The molecule has 0 amide bonds. The van der Waals surface area contributed by atoms with Crippen molar-refractivity contribution in [2.45, 2.75) is 44.8 Å². The van der Waals surface area contributed by atoms with Crippen molar-refractivity contribution in [1.29, 1.82) is 0 Å². The molecule has 0 radical (unpaired) electrons. The van der Waals surface area contributed by atoms with E-state index in [4.69, 9.17) is 9.72 Å². The number of H-pyrrole nitrogens is 1. The number of benzene rings is 2. The van der Waals surface area contributed by atoms with Crippen molar-refractivity contribution in [1.82, 2.24) is 14.9 Å². The number of aryl methyl sites for hydroxylation is 1. The van der Waals surface area contributed by atoms with Crippen LogP contribution in [0.4, 0.5) is 0 Å². The fourth-order valence-corrected chi connectivity index (χ4v) is 5.88. The lowest BCUT2D eigenvalue weighted by atomic mass is 9.92. The Morgan fingerprint density at radius 2 is 2.13 bits per heavy atom. The van der Waals surface area contributed by atoms with Crippen LogP contribution in [0.1, 0.15) is 36.3 Å². The summed E-state index contributed by atoms with van der Waals surface area (Å²) in [5.41, 5.74) is 3.46. The third kappa shape index (κ3) is 4.20. The highest BCUT2D eigenvalue weighted by Gasteiger charge is 2.29. The first-order chi connectivity index (χ1) is 15.1. The van der Waals surface area contributed by atoms with Gasteiger partial charge in [-0.3, -0.25) is 4.90 Å². The number of hydrogen-bond acceptors (Lipinski definition) is 5. The Labute approximate surface area is 186 Å². The van der Waals surface area contributed by atoms with E-state index in [-0.39, 0.29) is 0 Å². The molecule has 2 aromatic heterocycles. The predicted molar refractivity (Wildman–Crippen MR) is 127 cm³/mol. The topological polar surface area (TPSA) is 61.4 Å². The zero-order valence-corrected chi connectivity index (χ0v) is 18.9. The van der Waals surface area contributed by atoms with Crippen LogP contribution >= 0.6 is 11.3 Å². The smallest absolute Gasteiger partial charge is 0.128 e. The van der Waals surface area contributed by atoms with Crippen LogP contribution < -0.4 is 4.74 Å². The monoisotopic (exact) mass is 435 g/mol. The maximum absolute atomic E-state index is 10.6. The standard InChI is InChI=1S/C25H29N3O2S/c1-16-5-3-8-23-24(16)27-25(31-23)18-10-12-28(17(2)13-18)14-19(29)15-30-22-7-4-6-21-20(22)9-11-26-21/h3-9,11,17-19,26,29H,10,12-15H2,1-2H3/t17-,18+,19+/m1/s1. The number of para-hydroxylation sites is 1. The SMILES string of the molecule is Cc1cccc2sc([C@H]3CCN(C[C@H](O)COc4cccc5[nH]ccc45)[C@H](C)C3)nc12. The molecule has 2 N–H and O–H groups in total. The van der Waals surface area contributed by atoms with Gasteiger partial charge in [0.2, 0.25) is 0 Å². The number of aromatic nitrogens is 2. The molecular weight excluding hydrogens is 406 g/mol. The first-order valence-corrected chi connectivity index (χ1v) is 11.9. The summed E-state index contributed by atoms with van der Waals surface area (Å²) in [6, 6.07) is 14.8. The summed E-state index contributed by atoms with van der Waals surface area (Å²) >= 11 is 1.84. The van der Waals surface area contributed by atoms with Crippen molar-refractivity contribution in [2.75, 3.05) is 19.7 Å². The minimum Gasteiger partial charge on any atom is -0.490 e. The van der Waals surface area contributed by atoms with E-state index in [9.17, 15) is 5.11 Å². The van der Waals surface area contributed by atoms with Crippen LogP contribution in [-0.2, 0) is 0 Å². The van der Waals surface area contributed by atoms with E-state index in [1.165, 1.54) is 15.3 Å². The Morgan fingerprint density at radius 3 is 2.97 bits per heavy atom. The molecule has 0 saturated carbocycles. The van der Waals surface area contributed by atoms with E-state index in [1.807, 2.05) is 41.8 Å². The van der Waals surface area contributed by atoms with Crippen molar-refractivity contribution < 1.29 is 9.84 Å². The average Bonchev–Trinajstić information content (AvgIpc) is 3.41. The van der Waals surface area contributed by atoms with Gasteiger partial charge in [-0.05, 0) is 63.1 Å². The number of aliphatic hydroxyl groups excluding tert-OH is 1. The van der Waals surface area contributed by atoms with Crippen LogP contribution in [0.25, 0.3) is 21.1 Å². The highest BCUT2D eigenvalue weighted by atomic mass is 32.1. The molecule has 0 spiro atoms. The molecule has 162 valence electrons. The summed E-state index contributed by atoms with van der Waals surface area (Å²) in [7, 11) is 0. The normalized spacial score (nSPS) is 21.0. The van der Waals surface area contributed by atoms with Gasteiger partial charge in [0.05, 0.1) is 15.2 Å². The molecule has 2 aromatic carbocycles. The Balaban J connectivity index is 1.18. The molecule has 1 fully saturated rings. The number of hydrogen-bond donors (Lipinski definition) is 2. The minimum absolute atomic E-state index is 0.300. The molecule has 1 saturated heterocycles. The second-order valence-corrected chi connectivity index (χ2v) is 9.76. The average molecular weight is 436 g/mol. The second-order valence-electron chi connectivity index (χ2n) is 8.70. The van der Waals surface area contributed by atoms with Crippen molar-refractivity contribution >= 4 is 32.5 Å². The molecule has 0 bridgehead atoms. The third-order valence-electron chi connectivity index (χ3n) is 6.43. The second kappa shape index (κ2) is 8.61. The molecule has 1 aliphatic heterocycles. The van der Waals surface area contributed by atoms with Crippen LogP contribution in [-0.4, -0.2) is 51.8 Å². The quantitative estimate of drug-likeness (QED) is 0.443. The lowest BCUT2D eigenvalue weighted by molar-refractivity contribution is 0.0406. The van der Waals surface area contributed by atoms with E-state index in [0.29, 0.717) is 25.1 Å². The van der Waals surface area contributed by atoms with Crippen molar-refractivity contribution in [3.8, 4) is 5.75 Å². The predicted octanol–water partition coefficient (Wildman–Crippen LogP) is 5.09. The largest absolute Gasteiger partial charge is 0.490 e. The van der Waals surface area contributed by atoms with Gasteiger partial charge < -0.3 is 14.8 Å². The van der Waals surface area contributed by atoms with Crippen molar-refractivity contribution in [3.05, 3.63) is 59.2 Å². The van der Waals surface area contributed by atoms with E-state index in [0.717, 1.165) is 41.6 Å². The van der Waals surface area contributed by atoms with E-state index >= 15 is 0 Å². The number of nitrogens with zero attached hydrogens (tertiary/aromatic N) is 2. The summed E-state index contributed by atoms with van der Waals surface area (Å²) < 4.78 is 7.23. The molecule has 3 atom stereocenters. The lowest BCUT2D eigenvalue weighted by Crippen LogP contribution is -2.45. The van der Waals surface area contributed by atoms with Crippen molar-refractivity contribution in [2.24, 2.45) is 0 Å². The third-order valence-corrected chi connectivity index (χ3v) is 7.61. The van der Waals surface area contributed by atoms with Crippen LogP contribution in [0, 0.1) is 6.92 Å². The van der Waals surface area contributed by atoms with Gasteiger partial charge in [-0.2, -0.15) is 0 Å². The number of nitrogens with one attached hydrogen (secondary N) is 1. The highest BCUT2D eigenvalue weighted by molar-refractivity contribution is 7.18. The Kier molecular flexibility index (Phi) is 5.69. The van der Waals surface area contributed by atoms with E-state index in [2.05, 4.69) is 41.9 Å². The van der Waals surface area contributed by atoms with Gasteiger partial charge in [0.15, 0.2) is 0 Å². The molecule has 3 heterocycles. The molecular formula is C25H29N3O2S. The number of likely N-dealkylation sites (tertiary alicyclic amines) is 1. The van der Waals surface area contributed by atoms with Crippen LogP contribution in [0.5, 0.6) is 5.75 Å². The van der Waals surface area contributed by atoms with Gasteiger partial charge in [0.25, 0.3) is 0 Å². The summed E-state index contributed by atoms with van der Waals surface area (Å²) in [5.74, 6) is 1.32. The summed E-state index contributed by atoms with van der Waals surface area (Å²) in [4.78, 5) is 10.5. The number of aliphatic hydroxyl groups is 1. The number of β-amino-alcohol motifs (C(OH)–C–C–N with tert-alkyl or cyclic N) is 1. The number of piperidine rings is 1. The van der Waals surface area contributed by atoms with Crippen LogP contribution in [0.15, 0.2) is 48.7 Å². The van der Waals surface area contributed by atoms with Gasteiger partial charge in [0, 0.05) is 35.6 Å². The van der Waals surface area contributed by atoms with E-state index < -0.39 is 6.10 Å². The molecule has 6 heteroatoms. The summed E-state index contributed by atoms with van der Waals surface area (Å²) in [5, 5.41) is 12.9. The first kappa shape index (κ1) is 20.5. The molecule has 5 nitrogen and oxygen atoms in total. The highest BCUT2D eigenvalue weighted by Crippen LogP contribution is 2.36. The number of ether oxygens (including phenoxy) is 1. The fourth-order valence-electron chi connectivity index (χ4n) is 4.69. The van der Waals surface area contributed by atoms with Gasteiger partial charge >= 0.3 is 0 Å². The summed E-state index contributed by atoms with van der Waals surface area (Å²) in [6.45, 7) is 6.31. The zero-order chi connectivity index (χ0) is 21.4. The number of aromatic amines is 1. The molecule has 31 heavy (non-hydrogen) atoms.